The maximum atomic E-state index is 11.3. The van der Waals surface area contributed by atoms with Gasteiger partial charge < -0.3 is 14.9 Å². The van der Waals surface area contributed by atoms with Gasteiger partial charge in [0.25, 0.3) is 0 Å². The Morgan fingerprint density at radius 3 is 2.50 bits per heavy atom. The van der Waals surface area contributed by atoms with Gasteiger partial charge in [-0.2, -0.15) is 5.26 Å². The van der Waals surface area contributed by atoms with Gasteiger partial charge in [-0.25, -0.2) is 4.79 Å². The normalized spacial score (nSPS) is 11.6. The van der Waals surface area contributed by atoms with Crippen LogP contribution in [0.5, 0.6) is 5.75 Å². The molecule has 0 saturated heterocycles. The van der Waals surface area contributed by atoms with Crippen molar-refractivity contribution >= 4 is 11.5 Å². The van der Waals surface area contributed by atoms with Gasteiger partial charge in [-0.1, -0.05) is 6.58 Å². The van der Waals surface area contributed by atoms with E-state index in [1.54, 1.807) is 18.2 Å². The van der Waals surface area contributed by atoms with E-state index in [0.717, 1.165) is 0 Å². The molecule has 1 rings (SSSR count). The van der Waals surface area contributed by atoms with Gasteiger partial charge in [-0.15, -0.1) is 5.73 Å². The van der Waals surface area contributed by atoms with Gasteiger partial charge in [0, 0.05) is 5.57 Å². The van der Waals surface area contributed by atoms with Crippen LogP contribution in [-0.4, -0.2) is 22.3 Å². The monoisotopic (exact) mass is 325 g/mol. The zero-order valence-electron chi connectivity index (χ0n) is 13.8. The lowest BCUT2D eigenvalue weighted by Crippen LogP contribution is -2.07. The molecule has 0 aliphatic rings. The van der Waals surface area contributed by atoms with Crippen molar-refractivity contribution in [2.75, 3.05) is 0 Å². The van der Waals surface area contributed by atoms with Crippen LogP contribution in [0.4, 0.5) is 0 Å². The number of nitrogens with zero attached hydrogens (tertiary/aromatic N) is 1. The Bertz CT molecular complexity index is 788. The van der Waals surface area contributed by atoms with Crippen molar-refractivity contribution in [1.29, 1.82) is 5.26 Å². The van der Waals surface area contributed by atoms with Gasteiger partial charge in [-0.05, 0) is 56.7 Å². The standard InChI is InChI=1S/C19H19NO4/c1-5-13(10-16(19(22)23)17(21)6-2)14-7-8-18(24-12(3)4)15(9-14)11-20/h6-10,12,21H,1H2,2-4H3,(H,22,23)/b16-10+,17-6+. The number of carboxylic acids is 1. The number of nitriles is 1. The van der Waals surface area contributed by atoms with E-state index in [1.165, 1.54) is 19.1 Å². The second-order valence-electron chi connectivity index (χ2n) is 5.12. The smallest absolute Gasteiger partial charge is 0.339 e. The summed E-state index contributed by atoms with van der Waals surface area (Å²) < 4.78 is 5.55. The molecule has 1 aromatic rings. The Kier molecular flexibility index (Phi) is 6.61. The van der Waals surface area contributed by atoms with Crippen LogP contribution in [0, 0.1) is 11.3 Å². The molecule has 0 spiro atoms. The lowest BCUT2D eigenvalue weighted by atomic mass is 10.0. The van der Waals surface area contributed by atoms with E-state index in [1.807, 2.05) is 19.9 Å². The largest absolute Gasteiger partial charge is 0.507 e. The fourth-order valence-corrected chi connectivity index (χ4v) is 1.92. The highest BCUT2D eigenvalue weighted by Crippen LogP contribution is 2.26. The van der Waals surface area contributed by atoms with E-state index in [9.17, 15) is 20.3 Å². The summed E-state index contributed by atoms with van der Waals surface area (Å²) in [5.74, 6) is -1.20. The molecule has 1 aromatic carbocycles. The zero-order chi connectivity index (χ0) is 18.3. The summed E-state index contributed by atoms with van der Waals surface area (Å²) in [7, 11) is 0. The van der Waals surface area contributed by atoms with Crippen LogP contribution in [0.1, 0.15) is 31.9 Å². The van der Waals surface area contributed by atoms with Crippen LogP contribution in [-0.2, 0) is 4.79 Å². The molecule has 0 heterocycles. The summed E-state index contributed by atoms with van der Waals surface area (Å²) in [6.07, 6.45) is 2.45. The number of carboxylic acid groups (broad SMARTS) is 1. The van der Waals surface area contributed by atoms with Crippen molar-refractivity contribution < 1.29 is 19.7 Å². The first-order valence-electron chi connectivity index (χ1n) is 7.25. The topological polar surface area (TPSA) is 90.6 Å². The SMILES string of the molecule is C=C=C(/C=C(C(=O)O)\C(O)=C/C)c1ccc(OC(C)C)c(C#N)c1. The Labute approximate surface area is 141 Å². The molecule has 0 atom stereocenters. The molecule has 0 radical (unpaired) electrons. The van der Waals surface area contributed by atoms with E-state index in [0.29, 0.717) is 22.4 Å². The fourth-order valence-electron chi connectivity index (χ4n) is 1.92. The first-order chi connectivity index (χ1) is 11.3. The molecule has 0 aliphatic carbocycles. The van der Waals surface area contributed by atoms with Gasteiger partial charge in [0.1, 0.15) is 23.2 Å². The Morgan fingerprint density at radius 2 is 2.04 bits per heavy atom. The number of benzene rings is 1. The lowest BCUT2D eigenvalue weighted by molar-refractivity contribution is -0.132. The molecular weight excluding hydrogens is 306 g/mol. The van der Waals surface area contributed by atoms with Gasteiger partial charge in [-0.3, -0.25) is 0 Å². The average Bonchev–Trinajstić information content (AvgIpc) is 2.55. The van der Waals surface area contributed by atoms with Crippen LogP contribution in [0.2, 0.25) is 0 Å². The fraction of sp³-hybridized carbons (Fsp3) is 0.211. The van der Waals surface area contributed by atoms with Gasteiger partial charge >= 0.3 is 5.97 Å². The van der Waals surface area contributed by atoms with E-state index < -0.39 is 5.97 Å². The summed E-state index contributed by atoms with van der Waals surface area (Å²) in [6, 6.07) is 6.92. The third-order valence-electron chi connectivity index (χ3n) is 3.03. The first-order valence-corrected chi connectivity index (χ1v) is 7.25. The van der Waals surface area contributed by atoms with Crippen molar-refractivity contribution in [3.63, 3.8) is 0 Å². The van der Waals surface area contributed by atoms with E-state index in [2.05, 4.69) is 12.3 Å². The minimum Gasteiger partial charge on any atom is -0.507 e. The summed E-state index contributed by atoms with van der Waals surface area (Å²) in [5, 5.41) is 28.2. The number of rotatable bonds is 6. The molecule has 0 aromatic heterocycles. The average molecular weight is 325 g/mol. The Balaban J connectivity index is 3.40. The molecule has 5 nitrogen and oxygen atoms in total. The number of allylic oxidation sites excluding steroid dienone is 3. The quantitative estimate of drug-likeness (QED) is 0.357. The number of hydrogen-bond acceptors (Lipinski definition) is 4. The van der Waals surface area contributed by atoms with Gasteiger partial charge in [0.2, 0.25) is 0 Å². The van der Waals surface area contributed by atoms with Crippen LogP contribution in [0.25, 0.3) is 5.57 Å². The summed E-state index contributed by atoms with van der Waals surface area (Å²) in [4.78, 5) is 11.3. The van der Waals surface area contributed by atoms with Crippen molar-refractivity contribution in [3.8, 4) is 11.8 Å². The number of aliphatic hydroxyl groups excluding tert-OH is 1. The number of ether oxygens (including phenoxy) is 1. The van der Waals surface area contributed by atoms with Crippen molar-refractivity contribution in [1.82, 2.24) is 0 Å². The maximum absolute atomic E-state index is 11.3. The van der Waals surface area contributed by atoms with Gasteiger partial charge in [0.05, 0.1) is 11.7 Å². The third kappa shape index (κ3) is 4.64. The molecular formula is C19H19NO4. The van der Waals surface area contributed by atoms with Crippen LogP contribution in [0.15, 0.2) is 54.0 Å². The highest BCUT2D eigenvalue weighted by molar-refractivity contribution is 5.95. The lowest BCUT2D eigenvalue weighted by Gasteiger charge is -2.12. The Morgan fingerprint density at radius 1 is 1.38 bits per heavy atom. The molecule has 0 saturated carbocycles. The molecule has 0 aliphatic heterocycles. The second kappa shape index (κ2) is 8.42. The third-order valence-corrected chi connectivity index (χ3v) is 3.03. The molecule has 124 valence electrons. The van der Waals surface area contributed by atoms with Crippen LogP contribution in [0.3, 0.4) is 0 Å². The molecule has 5 heteroatoms. The van der Waals surface area contributed by atoms with E-state index in [4.69, 9.17) is 4.74 Å². The van der Waals surface area contributed by atoms with Crippen molar-refractivity contribution in [2.45, 2.75) is 26.9 Å². The zero-order valence-corrected chi connectivity index (χ0v) is 13.8. The minimum absolute atomic E-state index is 0.0810. The summed E-state index contributed by atoms with van der Waals surface area (Å²) >= 11 is 0. The summed E-state index contributed by atoms with van der Waals surface area (Å²) in [6.45, 7) is 8.78. The summed E-state index contributed by atoms with van der Waals surface area (Å²) in [5.41, 5.74) is 3.54. The van der Waals surface area contributed by atoms with Crippen molar-refractivity contribution in [2.24, 2.45) is 0 Å². The number of aliphatic hydroxyl groups is 1. The van der Waals surface area contributed by atoms with Gasteiger partial charge in [0.15, 0.2) is 0 Å². The molecule has 0 unspecified atom stereocenters. The predicted octanol–water partition coefficient (Wildman–Crippen LogP) is 3.99. The number of aliphatic carboxylic acids is 1. The van der Waals surface area contributed by atoms with E-state index >= 15 is 0 Å². The van der Waals surface area contributed by atoms with Crippen LogP contribution < -0.4 is 4.74 Å². The molecule has 0 amide bonds. The predicted molar refractivity (Wildman–Crippen MR) is 91.6 cm³/mol. The highest BCUT2D eigenvalue weighted by Gasteiger charge is 2.14. The highest BCUT2D eigenvalue weighted by atomic mass is 16.5. The molecule has 24 heavy (non-hydrogen) atoms. The maximum Gasteiger partial charge on any atom is 0.339 e. The van der Waals surface area contributed by atoms with E-state index in [-0.39, 0.29) is 17.4 Å². The molecule has 2 N–H and O–H groups in total. The Hall–Kier alpha value is -3.22. The minimum atomic E-state index is -1.28. The molecule has 0 fully saturated rings. The second-order valence-corrected chi connectivity index (χ2v) is 5.12. The number of carbonyl (C=O) groups is 1. The first kappa shape index (κ1) is 18.8. The number of hydrogen-bond donors (Lipinski definition) is 2. The van der Waals surface area contributed by atoms with Crippen LogP contribution >= 0.6 is 0 Å². The van der Waals surface area contributed by atoms with Crippen molar-refractivity contribution in [3.05, 3.63) is 65.1 Å². The molecule has 0 bridgehead atoms.